The highest BCUT2D eigenvalue weighted by Gasteiger charge is 2.20. The van der Waals surface area contributed by atoms with Gasteiger partial charge in [-0.1, -0.05) is 0 Å². The summed E-state index contributed by atoms with van der Waals surface area (Å²) >= 11 is 0. The predicted molar refractivity (Wildman–Crippen MR) is 71.3 cm³/mol. The van der Waals surface area contributed by atoms with Crippen LogP contribution in [-0.2, 0) is 0 Å². The topological polar surface area (TPSA) is 39.7 Å². The van der Waals surface area contributed by atoms with Crippen LogP contribution in [0.25, 0.3) is 0 Å². The molecule has 0 aliphatic rings. The Balaban J connectivity index is 3.32. The molecule has 0 spiro atoms. The molecule has 18 heavy (non-hydrogen) atoms. The molecule has 1 aromatic rings. The Bertz CT molecular complexity index is 437. The minimum absolute atomic E-state index is 0.0183. The van der Waals surface area contributed by atoms with Crippen molar-refractivity contribution in [3.8, 4) is 29.6 Å². The first-order valence-corrected chi connectivity index (χ1v) is 5.63. The highest BCUT2D eigenvalue weighted by Crippen LogP contribution is 2.42. The standard InChI is InChI=1S/C14H19NO3/c1-6-7-11(15-2)10-8-9-12(16-3)14(18-5)13(10)17-4/h1,8-9,11,15H,7H2,2-5H3. The Morgan fingerprint density at radius 1 is 1.17 bits per heavy atom. The van der Waals surface area contributed by atoms with Gasteiger partial charge in [-0.2, -0.15) is 0 Å². The number of hydrogen-bond donors (Lipinski definition) is 1. The van der Waals surface area contributed by atoms with Gasteiger partial charge in [-0.05, 0) is 19.2 Å². The van der Waals surface area contributed by atoms with Gasteiger partial charge in [0.2, 0.25) is 5.75 Å². The molecule has 0 saturated heterocycles. The first-order chi connectivity index (χ1) is 8.73. The van der Waals surface area contributed by atoms with E-state index in [1.807, 2.05) is 19.2 Å². The molecule has 0 aliphatic carbocycles. The lowest BCUT2D eigenvalue weighted by Crippen LogP contribution is -2.17. The summed E-state index contributed by atoms with van der Waals surface area (Å²) in [6.07, 6.45) is 5.95. The van der Waals surface area contributed by atoms with Gasteiger partial charge in [-0.15, -0.1) is 12.3 Å². The van der Waals surface area contributed by atoms with Gasteiger partial charge >= 0.3 is 0 Å². The van der Waals surface area contributed by atoms with Crippen molar-refractivity contribution in [1.82, 2.24) is 5.32 Å². The molecule has 1 atom stereocenters. The van der Waals surface area contributed by atoms with Gasteiger partial charge in [-0.25, -0.2) is 0 Å². The van der Waals surface area contributed by atoms with Crippen LogP contribution in [0.3, 0.4) is 0 Å². The first kappa shape index (κ1) is 14.2. The maximum Gasteiger partial charge on any atom is 0.203 e. The molecule has 1 rings (SSSR count). The monoisotopic (exact) mass is 249 g/mol. The molecule has 0 bridgehead atoms. The van der Waals surface area contributed by atoms with Crippen molar-refractivity contribution in [2.24, 2.45) is 0 Å². The van der Waals surface area contributed by atoms with E-state index in [-0.39, 0.29) is 6.04 Å². The second-order valence-electron chi connectivity index (χ2n) is 3.67. The van der Waals surface area contributed by atoms with E-state index in [4.69, 9.17) is 20.6 Å². The fourth-order valence-electron chi connectivity index (χ4n) is 1.88. The number of nitrogens with one attached hydrogen (secondary N) is 1. The molecular weight excluding hydrogens is 230 g/mol. The van der Waals surface area contributed by atoms with Gasteiger partial charge in [0.25, 0.3) is 0 Å². The molecule has 1 N–H and O–H groups in total. The molecule has 1 unspecified atom stereocenters. The summed E-state index contributed by atoms with van der Waals surface area (Å²) in [6, 6.07) is 3.79. The van der Waals surface area contributed by atoms with Crippen molar-refractivity contribution in [1.29, 1.82) is 0 Å². The molecule has 0 aromatic heterocycles. The highest BCUT2D eigenvalue weighted by molar-refractivity contribution is 5.56. The van der Waals surface area contributed by atoms with Gasteiger partial charge in [0.15, 0.2) is 11.5 Å². The van der Waals surface area contributed by atoms with Crippen molar-refractivity contribution in [3.05, 3.63) is 17.7 Å². The normalized spacial score (nSPS) is 11.5. The predicted octanol–water partition coefficient (Wildman–Crippen LogP) is 2.00. The Hall–Kier alpha value is -1.86. The van der Waals surface area contributed by atoms with Crippen LogP contribution in [0.2, 0.25) is 0 Å². The molecule has 0 heterocycles. The smallest absolute Gasteiger partial charge is 0.203 e. The average molecular weight is 249 g/mol. The lowest BCUT2D eigenvalue weighted by Gasteiger charge is -2.20. The van der Waals surface area contributed by atoms with Gasteiger partial charge in [0, 0.05) is 18.0 Å². The number of benzene rings is 1. The second kappa shape index (κ2) is 6.77. The van der Waals surface area contributed by atoms with Gasteiger partial charge in [0.05, 0.1) is 21.3 Å². The summed E-state index contributed by atoms with van der Waals surface area (Å²) in [6.45, 7) is 0. The van der Waals surface area contributed by atoms with E-state index in [0.717, 1.165) is 5.56 Å². The Morgan fingerprint density at radius 3 is 2.28 bits per heavy atom. The van der Waals surface area contributed by atoms with Crippen LogP contribution in [0.4, 0.5) is 0 Å². The lowest BCUT2D eigenvalue weighted by atomic mass is 10.0. The maximum atomic E-state index is 5.43. The van der Waals surface area contributed by atoms with E-state index in [1.165, 1.54) is 0 Å². The zero-order chi connectivity index (χ0) is 13.5. The Kier molecular flexibility index (Phi) is 5.34. The SMILES string of the molecule is C#CCC(NC)c1ccc(OC)c(OC)c1OC. The summed E-state index contributed by atoms with van der Waals surface area (Å²) in [4.78, 5) is 0. The summed E-state index contributed by atoms with van der Waals surface area (Å²) in [7, 11) is 6.63. The molecule has 0 saturated carbocycles. The van der Waals surface area contributed by atoms with Crippen LogP contribution in [-0.4, -0.2) is 28.4 Å². The fourth-order valence-corrected chi connectivity index (χ4v) is 1.88. The quantitative estimate of drug-likeness (QED) is 0.783. The minimum atomic E-state index is 0.0183. The van der Waals surface area contributed by atoms with Crippen molar-refractivity contribution in [3.63, 3.8) is 0 Å². The molecule has 0 aliphatic heterocycles. The number of terminal acetylenes is 1. The molecule has 1 aromatic carbocycles. The Labute approximate surface area is 108 Å². The third-order valence-electron chi connectivity index (χ3n) is 2.78. The van der Waals surface area contributed by atoms with Crippen molar-refractivity contribution in [2.75, 3.05) is 28.4 Å². The van der Waals surface area contributed by atoms with E-state index in [0.29, 0.717) is 23.7 Å². The number of ether oxygens (including phenoxy) is 3. The van der Waals surface area contributed by atoms with E-state index >= 15 is 0 Å². The molecule has 0 amide bonds. The maximum absolute atomic E-state index is 5.43. The third-order valence-corrected chi connectivity index (χ3v) is 2.78. The van der Waals surface area contributed by atoms with E-state index < -0.39 is 0 Å². The van der Waals surface area contributed by atoms with Crippen LogP contribution in [0, 0.1) is 12.3 Å². The summed E-state index contributed by atoms with van der Waals surface area (Å²) < 4.78 is 16.0. The summed E-state index contributed by atoms with van der Waals surface area (Å²) in [5.74, 6) is 4.50. The highest BCUT2D eigenvalue weighted by atomic mass is 16.5. The van der Waals surface area contributed by atoms with Gasteiger partial charge in [-0.3, -0.25) is 0 Å². The molecular formula is C14H19NO3. The van der Waals surface area contributed by atoms with Crippen LogP contribution in [0.1, 0.15) is 18.0 Å². The van der Waals surface area contributed by atoms with E-state index in [2.05, 4.69) is 11.2 Å². The fraction of sp³-hybridized carbons (Fsp3) is 0.429. The van der Waals surface area contributed by atoms with Crippen molar-refractivity contribution >= 4 is 0 Å². The number of rotatable bonds is 6. The van der Waals surface area contributed by atoms with Crippen LogP contribution in [0.5, 0.6) is 17.2 Å². The first-order valence-electron chi connectivity index (χ1n) is 5.63. The Morgan fingerprint density at radius 2 is 1.83 bits per heavy atom. The molecule has 4 heteroatoms. The largest absolute Gasteiger partial charge is 0.493 e. The van der Waals surface area contributed by atoms with Crippen LogP contribution in [0.15, 0.2) is 12.1 Å². The molecule has 0 fully saturated rings. The zero-order valence-corrected chi connectivity index (χ0v) is 11.2. The van der Waals surface area contributed by atoms with E-state index in [1.54, 1.807) is 21.3 Å². The summed E-state index contributed by atoms with van der Waals surface area (Å²) in [5, 5.41) is 3.16. The number of methoxy groups -OCH3 is 3. The molecule has 0 radical (unpaired) electrons. The van der Waals surface area contributed by atoms with Crippen molar-refractivity contribution in [2.45, 2.75) is 12.5 Å². The van der Waals surface area contributed by atoms with Gasteiger partial charge in [0.1, 0.15) is 0 Å². The minimum Gasteiger partial charge on any atom is -0.493 e. The third kappa shape index (κ3) is 2.69. The van der Waals surface area contributed by atoms with E-state index in [9.17, 15) is 0 Å². The second-order valence-corrected chi connectivity index (χ2v) is 3.67. The van der Waals surface area contributed by atoms with Gasteiger partial charge < -0.3 is 19.5 Å². The summed E-state index contributed by atoms with van der Waals surface area (Å²) in [5.41, 5.74) is 0.954. The van der Waals surface area contributed by atoms with Crippen LogP contribution >= 0.6 is 0 Å². The number of hydrogen-bond acceptors (Lipinski definition) is 4. The van der Waals surface area contributed by atoms with Crippen molar-refractivity contribution < 1.29 is 14.2 Å². The van der Waals surface area contributed by atoms with Crippen LogP contribution < -0.4 is 19.5 Å². The molecule has 4 nitrogen and oxygen atoms in total. The zero-order valence-electron chi connectivity index (χ0n) is 11.2. The lowest BCUT2D eigenvalue weighted by molar-refractivity contribution is 0.319. The molecule has 98 valence electrons. The average Bonchev–Trinajstić information content (AvgIpc) is 2.42.